The molecule has 1 fully saturated rings. The van der Waals surface area contributed by atoms with Crippen LogP contribution in [0.5, 0.6) is 0 Å². The number of aromatic nitrogens is 4. The number of carbonyl (C=O) groups is 1. The Kier molecular flexibility index (Phi) is 5.16. The molecule has 2 N–H and O–H groups in total. The van der Waals surface area contributed by atoms with E-state index in [0.717, 1.165) is 11.4 Å². The maximum absolute atomic E-state index is 13.0. The molecule has 0 aliphatic heterocycles. The summed E-state index contributed by atoms with van der Waals surface area (Å²) in [6, 6.07) is 11.3. The van der Waals surface area contributed by atoms with Gasteiger partial charge in [-0.3, -0.25) is 9.78 Å². The SMILES string of the molecule is Cc1c(C(=O)NC(Cc2ccccn2)C2CC(O)C2)cnn1-c1ccccn1. The third-order valence-electron chi connectivity index (χ3n) is 5.31. The lowest BCUT2D eigenvalue weighted by Crippen LogP contribution is -2.48. The van der Waals surface area contributed by atoms with E-state index >= 15 is 0 Å². The van der Waals surface area contributed by atoms with Crippen LogP contribution in [0.2, 0.25) is 0 Å². The van der Waals surface area contributed by atoms with Crippen LogP contribution in [0.3, 0.4) is 0 Å². The molecule has 1 atom stereocenters. The van der Waals surface area contributed by atoms with E-state index in [1.165, 1.54) is 0 Å². The van der Waals surface area contributed by atoms with E-state index in [1.807, 2.05) is 43.3 Å². The summed E-state index contributed by atoms with van der Waals surface area (Å²) in [5, 5.41) is 17.2. The Morgan fingerprint density at radius 1 is 1.21 bits per heavy atom. The van der Waals surface area contributed by atoms with Gasteiger partial charge < -0.3 is 10.4 Å². The summed E-state index contributed by atoms with van der Waals surface area (Å²) in [4.78, 5) is 21.6. The van der Waals surface area contributed by atoms with Crippen molar-refractivity contribution in [3.8, 4) is 5.82 Å². The molecule has 0 saturated heterocycles. The van der Waals surface area contributed by atoms with Crippen molar-refractivity contribution in [1.29, 1.82) is 0 Å². The first kappa shape index (κ1) is 18.3. The van der Waals surface area contributed by atoms with Gasteiger partial charge in [0.15, 0.2) is 5.82 Å². The number of nitrogens with one attached hydrogen (secondary N) is 1. The van der Waals surface area contributed by atoms with E-state index in [1.54, 1.807) is 23.3 Å². The Labute approximate surface area is 163 Å². The summed E-state index contributed by atoms with van der Waals surface area (Å²) in [5.74, 6) is 0.750. The minimum Gasteiger partial charge on any atom is -0.393 e. The molecule has 28 heavy (non-hydrogen) atoms. The Morgan fingerprint density at radius 3 is 2.61 bits per heavy atom. The Bertz CT molecular complexity index is 936. The van der Waals surface area contributed by atoms with Crippen LogP contribution in [0.1, 0.15) is 34.6 Å². The molecular formula is C21H23N5O2. The second-order valence-electron chi connectivity index (χ2n) is 7.23. The fourth-order valence-corrected chi connectivity index (χ4v) is 3.63. The number of carbonyl (C=O) groups excluding carboxylic acids is 1. The monoisotopic (exact) mass is 377 g/mol. The summed E-state index contributed by atoms with van der Waals surface area (Å²) in [6.45, 7) is 1.86. The van der Waals surface area contributed by atoms with E-state index in [4.69, 9.17) is 0 Å². The zero-order valence-corrected chi connectivity index (χ0v) is 15.7. The Balaban J connectivity index is 1.52. The number of hydrogen-bond acceptors (Lipinski definition) is 5. The first-order valence-corrected chi connectivity index (χ1v) is 9.46. The van der Waals surface area contributed by atoms with Crippen LogP contribution in [0.4, 0.5) is 0 Å². The molecule has 3 aromatic heterocycles. The molecule has 1 unspecified atom stereocenters. The Morgan fingerprint density at radius 2 is 1.96 bits per heavy atom. The van der Waals surface area contributed by atoms with Crippen molar-refractivity contribution in [3.63, 3.8) is 0 Å². The molecule has 4 rings (SSSR count). The number of pyridine rings is 2. The third kappa shape index (κ3) is 3.80. The molecule has 0 radical (unpaired) electrons. The fourth-order valence-electron chi connectivity index (χ4n) is 3.63. The van der Waals surface area contributed by atoms with Gasteiger partial charge in [0.2, 0.25) is 0 Å². The molecule has 0 spiro atoms. The molecule has 1 saturated carbocycles. The number of hydrogen-bond donors (Lipinski definition) is 2. The number of nitrogens with zero attached hydrogens (tertiary/aromatic N) is 4. The highest BCUT2D eigenvalue weighted by Gasteiger charge is 2.35. The molecule has 1 aliphatic carbocycles. The number of aliphatic hydroxyl groups excluding tert-OH is 1. The summed E-state index contributed by atoms with van der Waals surface area (Å²) in [5.41, 5.74) is 2.19. The van der Waals surface area contributed by atoms with Gasteiger partial charge in [-0.1, -0.05) is 12.1 Å². The van der Waals surface area contributed by atoms with Crippen molar-refractivity contribution in [3.05, 3.63) is 71.9 Å². The fraction of sp³-hybridized carbons (Fsp3) is 0.333. The van der Waals surface area contributed by atoms with Gasteiger partial charge in [-0.2, -0.15) is 5.10 Å². The largest absolute Gasteiger partial charge is 0.393 e. The number of amides is 1. The van der Waals surface area contributed by atoms with Crippen molar-refractivity contribution in [2.24, 2.45) is 5.92 Å². The first-order chi connectivity index (χ1) is 13.6. The van der Waals surface area contributed by atoms with Crippen LogP contribution in [0.25, 0.3) is 5.82 Å². The predicted octanol–water partition coefficient (Wildman–Crippen LogP) is 2.08. The molecule has 3 aromatic rings. The van der Waals surface area contributed by atoms with Gasteiger partial charge in [0.25, 0.3) is 5.91 Å². The van der Waals surface area contributed by atoms with Crippen LogP contribution in [-0.4, -0.2) is 42.9 Å². The number of rotatable bonds is 6. The quantitative estimate of drug-likeness (QED) is 0.686. The summed E-state index contributed by atoms with van der Waals surface area (Å²) < 4.78 is 1.66. The summed E-state index contributed by atoms with van der Waals surface area (Å²) >= 11 is 0. The Hall–Kier alpha value is -3.06. The van der Waals surface area contributed by atoms with E-state index in [9.17, 15) is 9.90 Å². The minimum absolute atomic E-state index is 0.0802. The number of aliphatic hydroxyl groups is 1. The molecule has 3 heterocycles. The van der Waals surface area contributed by atoms with E-state index in [-0.39, 0.29) is 24.0 Å². The molecule has 1 aliphatic rings. The van der Waals surface area contributed by atoms with Gasteiger partial charge in [0, 0.05) is 30.6 Å². The minimum atomic E-state index is -0.276. The second kappa shape index (κ2) is 7.90. The smallest absolute Gasteiger partial charge is 0.255 e. The van der Waals surface area contributed by atoms with Crippen molar-refractivity contribution < 1.29 is 9.90 Å². The van der Waals surface area contributed by atoms with Gasteiger partial charge in [0.1, 0.15) is 0 Å². The van der Waals surface area contributed by atoms with E-state index in [2.05, 4.69) is 20.4 Å². The molecule has 1 amide bonds. The van der Waals surface area contributed by atoms with Gasteiger partial charge in [0.05, 0.1) is 23.6 Å². The average Bonchev–Trinajstić information content (AvgIpc) is 3.08. The van der Waals surface area contributed by atoms with Gasteiger partial charge >= 0.3 is 0 Å². The molecule has 0 aromatic carbocycles. The van der Waals surface area contributed by atoms with Crippen LogP contribution in [0.15, 0.2) is 55.0 Å². The van der Waals surface area contributed by atoms with Crippen LogP contribution >= 0.6 is 0 Å². The summed E-state index contributed by atoms with van der Waals surface area (Å²) in [7, 11) is 0. The van der Waals surface area contributed by atoms with E-state index < -0.39 is 0 Å². The molecule has 0 bridgehead atoms. The van der Waals surface area contributed by atoms with Crippen molar-refractivity contribution in [1.82, 2.24) is 25.1 Å². The van der Waals surface area contributed by atoms with Crippen molar-refractivity contribution in [2.45, 2.75) is 38.3 Å². The van der Waals surface area contributed by atoms with Crippen LogP contribution in [-0.2, 0) is 6.42 Å². The zero-order chi connectivity index (χ0) is 19.5. The molecule has 7 nitrogen and oxygen atoms in total. The normalized spacial score (nSPS) is 19.6. The lowest BCUT2D eigenvalue weighted by atomic mass is 9.76. The van der Waals surface area contributed by atoms with Gasteiger partial charge in [-0.25, -0.2) is 9.67 Å². The zero-order valence-electron chi connectivity index (χ0n) is 15.7. The van der Waals surface area contributed by atoms with Crippen LogP contribution < -0.4 is 5.32 Å². The lowest BCUT2D eigenvalue weighted by molar-refractivity contribution is 0.0237. The average molecular weight is 377 g/mol. The lowest BCUT2D eigenvalue weighted by Gasteiger charge is -2.38. The third-order valence-corrected chi connectivity index (χ3v) is 5.31. The topological polar surface area (TPSA) is 92.9 Å². The first-order valence-electron chi connectivity index (χ1n) is 9.46. The van der Waals surface area contributed by atoms with E-state index in [0.29, 0.717) is 30.6 Å². The standard InChI is InChI=1S/C21H23N5O2/c1-14-18(13-24-26(14)20-7-3-5-9-23-20)21(28)25-19(15-10-17(27)11-15)12-16-6-2-4-8-22-16/h2-9,13,15,17,19,27H,10-12H2,1H3,(H,25,28). The highest BCUT2D eigenvalue weighted by molar-refractivity contribution is 5.95. The maximum atomic E-state index is 13.0. The van der Waals surface area contributed by atoms with Gasteiger partial charge in [-0.15, -0.1) is 0 Å². The maximum Gasteiger partial charge on any atom is 0.255 e. The summed E-state index contributed by atoms with van der Waals surface area (Å²) in [6.07, 6.45) is 6.78. The highest BCUT2D eigenvalue weighted by Crippen LogP contribution is 2.31. The predicted molar refractivity (Wildman–Crippen MR) is 104 cm³/mol. The van der Waals surface area contributed by atoms with Crippen molar-refractivity contribution >= 4 is 5.91 Å². The molecular weight excluding hydrogens is 354 g/mol. The van der Waals surface area contributed by atoms with Crippen LogP contribution in [0, 0.1) is 12.8 Å². The van der Waals surface area contributed by atoms with Gasteiger partial charge in [-0.05, 0) is 49.9 Å². The molecule has 144 valence electrons. The second-order valence-corrected chi connectivity index (χ2v) is 7.23. The highest BCUT2D eigenvalue weighted by atomic mass is 16.3. The molecule has 7 heteroatoms. The van der Waals surface area contributed by atoms with Crippen molar-refractivity contribution in [2.75, 3.05) is 0 Å².